The second-order valence-corrected chi connectivity index (χ2v) is 6.01. The molecule has 2 N–H and O–H groups in total. The molecule has 100 valence electrons. The van der Waals surface area contributed by atoms with E-state index in [1.165, 1.54) is 0 Å². The Kier molecular flexibility index (Phi) is 4.95. The molecule has 0 aromatic rings. The predicted molar refractivity (Wildman–Crippen MR) is 71.0 cm³/mol. The van der Waals surface area contributed by atoms with Crippen molar-refractivity contribution in [3.8, 4) is 0 Å². The summed E-state index contributed by atoms with van der Waals surface area (Å²) in [6.07, 6.45) is 2.09. The van der Waals surface area contributed by atoms with Crippen LogP contribution >= 0.6 is 0 Å². The molecule has 4 nitrogen and oxygen atoms in total. The number of piperidine rings is 1. The highest BCUT2D eigenvalue weighted by Gasteiger charge is 2.26. The summed E-state index contributed by atoms with van der Waals surface area (Å²) in [7, 11) is 4.08. The lowest BCUT2D eigenvalue weighted by Gasteiger charge is -2.34. The van der Waals surface area contributed by atoms with Crippen molar-refractivity contribution in [2.24, 2.45) is 5.92 Å². The van der Waals surface area contributed by atoms with Crippen LogP contribution in [0.5, 0.6) is 0 Å². The normalized spacial score (nSPS) is 26.0. The molecule has 0 aliphatic carbocycles. The number of nitrogens with one attached hydrogen (secondary N) is 2. The summed E-state index contributed by atoms with van der Waals surface area (Å²) in [6, 6.07) is 0.553. The zero-order valence-corrected chi connectivity index (χ0v) is 11.8. The first-order valence-corrected chi connectivity index (χ1v) is 6.51. The zero-order valence-electron chi connectivity index (χ0n) is 11.8. The van der Waals surface area contributed by atoms with E-state index < -0.39 is 0 Å². The van der Waals surface area contributed by atoms with Gasteiger partial charge in [-0.2, -0.15) is 0 Å². The van der Waals surface area contributed by atoms with Crippen LogP contribution in [0.1, 0.15) is 33.6 Å². The molecule has 0 spiro atoms. The van der Waals surface area contributed by atoms with Crippen molar-refractivity contribution in [1.82, 2.24) is 15.5 Å². The topological polar surface area (TPSA) is 44.4 Å². The number of nitrogens with zero attached hydrogens (tertiary/aromatic N) is 1. The van der Waals surface area contributed by atoms with E-state index in [1.54, 1.807) is 0 Å². The van der Waals surface area contributed by atoms with Crippen LogP contribution in [0.2, 0.25) is 0 Å². The van der Waals surface area contributed by atoms with Gasteiger partial charge in [0.25, 0.3) is 0 Å². The minimum absolute atomic E-state index is 0.00501. The van der Waals surface area contributed by atoms with E-state index in [1.807, 2.05) is 14.1 Å². The molecule has 1 aliphatic heterocycles. The minimum atomic E-state index is 0.00501. The fourth-order valence-electron chi connectivity index (χ4n) is 1.83. The molecule has 17 heavy (non-hydrogen) atoms. The number of rotatable bonds is 4. The standard InChI is InChI=1S/C13H27N3O/c1-10-6-7-11(8-14-10)12(17)15-9-13(2,3)16(4)5/h10-11,14H,6-9H2,1-5H3,(H,15,17). The lowest BCUT2D eigenvalue weighted by molar-refractivity contribution is -0.126. The molecule has 0 aromatic heterocycles. The average molecular weight is 241 g/mol. The fourth-order valence-corrected chi connectivity index (χ4v) is 1.83. The van der Waals surface area contributed by atoms with Crippen molar-refractivity contribution in [3.63, 3.8) is 0 Å². The molecule has 2 unspecified atom stereocenters. The molecule has 0 aromatic carbocycles. The number of carbonyl (C=O) groups excluding carboxylic acids is 1. The van der Waals surface area contributed by atoms with E-state index in [-0.39, 0.29) is 17.4 Å². The highest BCUT2D eigenvalue weighted by Crippen LogP contribution is 2.15. The van der Waals surface area contributed by atoms with Crippen molar-refractivity contribution in [1.29, 1.82) is 0 Å². The molecule has 0 radical (unpaired) electrons. The summed E-state index contributed by atoms with van der Waals surface area (Å²) >= 11 is 0. The largest absolute Gasteiger partial charge is 0.354 e. The Hall–Kier alpha value is -0.610. The van der Waals surface area contributed by atoms with Crippen LogP contribution in [0.4, 0.5) is 0 Å². The quantitative estimate of drug-likeness (QED) is 0.766. The van der Waals surface area contributed by atoms with Crippen LogP contribution in [-0.4, -0.2) is 49.6 Å². The van der Waals surface area contributed by atoms with Gasteiger partial charge in [0.05, 0.1) is 5.92 Å². The van der Waals surface area contributed by atoms with Crippen molar-refractivity contribution in [2.75, 3.05) is 27.2 Å². The maximum Gasteiger partial charge on any atom is 0.224 e. The van der Waals surface area contributed by atoms with Crippen LogP contribution in [0.25, 0.3) is 0 Å². The molecule has 1 aliphatic rings. The summed E-state index contributed by atoms with van der Waals surface area (Å²) in [5, 5.41) is 6.43. The molecular weight excluding hydrogens is 214 g/mol. The summed E-state index contributed by atoms with van der Waals surface area (Å²) in [6.45, 7) is 7.95. The van der Waals surface area contributed by atoms with E-state index >= 15 is 0 Å². The van der Waals surface area contributed by atoms with Crippen LogP contribution in [0.15, 0.2) is 0 Å². The molecule has 1 rings (SSSR count). The van der Waals surface area contributed by atoms with Gasteiger partial charge in [0.2, 0.25) is 5.91 Å². The Morgan fingerprint density at radius 3 is 2.53 bits per heavy atom. The Bertz CT molecular complexity index is 255. The maximum absolute atomic E-state index is 12.0. The number of amides is 1. The maximum atomic E-state index is 12.0. The predicted octanol–water partition coefficient (Wildman–Crippen LogP) is 0.831. The monoisotopic (exact) mass is 241 g/mol. The van der Waals surface area contributed by atoms with E-state index in [0.29, 0.717) is 12.6 Å². The highest BCUT2D eigenvalue weighted by atomic mass is 16.1. The van der Waals surface area contributed by atoms with E-state index in [0.717, 1.165) is 19.4 Å². The third-order valence-electron chi connectivity index (χ3n) is 3.94. The number of likely N-dealkylation sites (N-methyl/N-ethyl adjacent to an activating group) is 1. The Morgan fingerprint density at radius 2 is 2.06 bits per heavy atom. The Balaban J connectivity index is 2.35. The molecular formula is C13H27N3O. The highest BCUT2D eigenvalue weighted by molar-refractivity contribution is 5.79. The van der Waals surface area contributed by atoms with Gasteiger partial charge in [0, 0.05) is 24.7 Å². The van der Waals surface area contributed by atoms with Crippen LogP contribution in [0, 0.1) is 5.92 Å². The van der Waals surface area contributed by atoms with Crippen LogP contribution in [0.3, 0.4) is 0 Å². The molecule has 1 amide bonds. The van der Waals surface area contributed by atoms with Gasteiger partial charge < -0.3 is 15.5 Å². The Labute approximate surface area is 105 Å². The first-order valence-electron chi connectivity index (χ1n) is 6.51. The van der Waals surface area contributed by atoms with Gasteiger partial charge in [0.15, 0.2) is 0 Å². The third kappa shape index (κ3) is 4.28. The van der Waals surface area contributed by atoms with Crippen molar-refractivity contribution < 1.29 is 4.79 Å². The molecule has 1 saturated heterocycles. The van der Waals surface area contributed by atoms with Gasteiger partial charge in [0.1, 0.15) is 0 Å². The lowest BCUT2D eigenvalue weighted by Crippen LogP contribution is -2.51. The summed E-state index contributed by atoms with van der Waals surface area (Å²) in [5.41, 5.74) is 0.00501. The van der Waals surface area contributed by atoms with E-state index in [4.69, 9.17) is 0 Å². The molecule has 0 saturated carbocycles. The zero-order chi connectivity index (χ0) is 13.1. The SMILES string of the molecule is CC1CCC(C(=O)NCC(C)(C)N(C)C)CN1. The second kappa shape index (κ2) is 5.83. The average Bonchev–Trinajstić information content (AvgIpc) is 2.27. The van der Waals surface area contributed by atoms with Gasteiger partial charge in [-0.1, -0.05) is 0 Å². The van der Waals surface area contributed by atoms with Gasteiger partial charge in [-0.3, -0.25) is 4.79 Å². The van der Waals surface area contributed by atoms with Crippen molar-refractivity contribution in [2.45, 2.75) is 45.2 Å². The van der Waals surface area contributed by atoms with Gasteiger partial charge in [-0.05, 0) is 47.7 Å². The summed E-state index contributed by atoms with van der Waals surface area (Å²) in [5.74, 6) is 0.337. The number of hydrogen-bond acceptors (Lipinski definition) is 3. The van der Waals surface area contributed by atoms with E-state index in [9.17, 15) is 4.79 Å². The minimum Gasteiger partial charge on any atom is -0.354 e. The summed E-state index contributed by atoms with van der Waals surface area (Å²) in [4.78, 5) is 14.1. The third-order valence-corrected chi connectivity index (χ3v) is 3.94. The van der Waals surface area contributed by atoms with Gasteiger partial charge in [-0.15, -0.1) is 0 Å². The van der Waals surface area contributed by atoms with Crippen molar-refractivity contribution in [3.05, 3.63) is 0 Å². The number of carbonyl (C=O) groups is 1. The fraction of sp³-hybridized carbons (Fsp3) is 0.923. The van der Waals surface area contributed by atoms with Crippen LogP contribution < -0.4 is 10.6 Å². The first-order chi connectivity index (χ1) is 7.83. The molecule has 0 bridgehead atoms. The van der Waals surface area contributed by atoms with Gasteiger partial charge in [-0.25, -0.2) is 0 Å². The summed E-state index contributed by atoms with van der Waals surface area (Å²) < 4.78 is 0. The van der Waals surface area contributed by atoms with E-state index in [2.05, 4.69) is 36.3 Å². The van der Waals surface area contributed by atoms with Gasteiger partial charge >= 0.3 is 0 Å². The first kappa shape index (κ1) is 14.5. The molecule has 2 atom stereocenters. The molecule has 1 fully saturated rings. The smallest absolute Gasteiger partial charge is 0.224 e. The Morgan fingerprint density at radius 1 is 1.41 bits per heavy atom. The number of hydrogen-bond donors (Lipinski definition) is 2. The molecule has 1 heterocycles. The van der Waals surface area contributed by atoms with Crippen LogP contribution in [-0.2, 0) is 4.79 Å². The lowest BCUT2D eigenvalue weighted by atomic mass is 9.94. The van der Waals surface area contributed by atoms with Crippen molar-refractivity contribution >= 4 is 5.91 Å². The molecule has 4 heteroatoms. The second-order valence-electron chi connectivity index (χ2n) is 6.01.